The predicted molar refractivity (Wildman–Crippen MR) is 86.3 cm³/mol. The van der Waals surface area contributed by atoms with Crippen LogP contribution >= 0.6 is 11.6 Å². The van der Waals surface area contributed by atoms with Crippen LogP contribution in [0.15, 0.2) is 36.7 Å². The molecule has 21 heavy (non-hydrogen) atoms. The van der Waals surface area contributed by atoms with Crippen molar-refractivity contribution in [1.29, 1.82) is 0 Å². The van der Waals surface area contributed by atoms with E-state index in [1.165, 1.54) is 11.6 Å². The Kier molecular flexibility index (Phi) is 5.83. The molecule has 1 aromatic carbocycles. The van der Waals surface area contributed by atoms with Crippen LogP contribution in [0.3, 0.4) is 0 Å². The molecular weight excluding hydrogens is 287 g/mol. The topological polar surface area (TPSA) is 17.0 Å². The second kappa shape index (κ2) is 7.62. The van der Waals surface area contributed by atoms with Crippen LogP contribution in [0.2, 0.25) is 5.02 Å². The molecule has 0 saturated heterocycles. The van der Waals surface area contributed by atoms with E-state index < -0.39 is 0 Å². The molecule has 0 radical (unpaired) electrons. The Balaban J connectivity index is 2.16. The number of halogens is 2. The molecule has 0 saturated carbocycles. The Morgan fingerprint density at radius 3 is 2.76 bits per heavy atom. The summed E-state index contributed by atoms with van der Waals surface area (Å²) in [5.74, 6) is -0.255. The molecule has 0 fully saturated rings. The maximum atomic E-state index is 13.8. The highest BCUT2D eigenvalue weighted by molar-refractivity contribution is 6.31. The maximum Gasteiger partial charge on any atom is 0.129 e. The number of rotatable bonds is 7. The summed E-state index contributed by atoms with van der Waals surface area (Å²) in [6, 6.07) is 7.26. The van der Waals surface area contributed by atoms with Crippen LogP contribution in [0.5, 0.6) is 0 Å². The molecule has 2 nitrogen and oxygen atoms in total. The molecule has 0 bridgehead atoms. The lowest BCUT2D eigenvalue weighted by Crippen LogP contribution is -2.20. The van der Waals surface area contributed by atoms with Gasteiger partial charge >= 0.3 is 0 Å². The quantitative estimate of drug-likeness (QED) is 0.779. The van der Waals surface area contributed by atoms with E-state index in [0.717, 1.165) is 19.4 Å². The summed E-state index contributed by atoms with van der Waals surface area (Å²) in [5.41, 5.74) is 1.78. The summed E-state index contributed by atoms with van der Waals surface area (Å²) in [6.45, 7) is 5.69. The monoisotopic (exact) mass is 308 g/mol. The van der Waals surface area contributed by atoms with E-state index in [-0.39, 0.29) is 5.82 Å². The molecule has 1 heterocycles. The first-order valence-electron chi connectivity index (χ1n) is 7.47. The molecule has 2 rings (SSSR count). The normalized spacial score (nSPS) is 12.6. The predicted octanol–water partition coefficient (Wildman–Crippen LogP) is 4.78. The van der Waals surface area contributed by atoms with Gasteiger partial charge in [0.2, 0.25) is 0 Å². The third-order valence-electron chi connectivity index (χ3n) is 3.61. The summed E-state index contributed by atoms with van der Waals surface area (Å²) in [7, 11) is 0. The molecule has 0 amide bonds. The lowest BCUT2D eigenvalue weighted by atomic mass is 10.1. The van der Waals surface area contributed by atoms with Crippen LogP contribution < -0.4 is 5.32 Å². The largest absolute Gasteiger partial charge is 0.349 e. The van der Waals surface area contributed by atoms with Crippen molar-refractivity contribution in [2.45, 2.75) is 39.3 Å². The van der Waals surface area contributed by atoms with Crippen molar-refractivity contribution in [3.8, 4) is 0 Å². The maximum absolute atomic E-state index is 13.8. The van der Waals surface area contributed by atoms with Gasteiger partial charge < -0.3 is 9.88 Å². The Morgan fingerprint density at radius 2 is 2.10 bits per heavy atom. The Morgan fingerprint density at radius 1 is 1.29 bits per heavy atom. The van der Waals surface area contributed by atoms with Gasteiger partial charge in [0.1, 0.15) is 5.82 Å². The number of nitrogens with zero attached hydrogens (tertiary/aromatic N) is 1. The third-order valence-corrected chi connectivity index (χ3v) is 3.96. The molecule has 1 atom stereocenters. The Hall–Kier alpha value is -1.32. The van der Waals surface area contributed by atoms with Crippen LogP contribution in [-0.4, -0.2) is 11.1 Å². The van der Waals surface area contributed by atoms with Crippen molar-refractivity contribution in [2.75, 3.05) is 6.54 Å². The SMILES string of the molecule is CCCC(NCC)c1ccn(Cc2c(F)cccc2Cl)c1. The summed E-state index contributed by atoms with van der Waals surface area (Å²) >= 11 is 6.08. The minimum Gasteiger partial charge on any atom is -0.349 e. The number of hydrogen-bond acceptors (Lipinski definition) is 1. The van der Waals surface area contributed by atoms with Crippen molar-refractivity contribution in [3.05, 3.63) is 58.6 Å². The van der Waals surface area contributed by atoms with Gasteiger partial charge in [-0.2, -0.15) is 0 Å². The Bertz CT molecular complexity index is 554. The van der Waals surface area contributed by atoms with Crippen molar-refractivity contribution < 1.29 is 4.39 Å². The van der Waals surface area contributed by atoms with E-state index >= 15 is 0 Å². The van der Waals surface area contributed by atoms with E-state index in [2.05, 4.69) is 31.4 Å². The standard InChI is InChI=1S/C17H22ClFN2/c1-3-6-17(20-4-2)13-9-10-21(11-13)12-14-15(18)7-5-8-16(14)19/h5,7-11,17,20H,3-4,6,12H2,1-2H3. The molecule has 0 spiro atoms. The van der Waals surface area contributed by atoms with E-state index in [1.54, 1.807) is 12.1 Å². The molecule has 0 aliphatic heterocycles. The van der Waals surface area contributed by atoms with Gasteiger partial charge in [0, 0.05) is 29.0 Å². The molecule has 0 aliphatic rings. The average molecular weight is 309 g/mol. The van der Waals surface area contributed by atoms with Gasteiger partial charge in [-0.05, 0) is 36.7 Å². The fourth-order valence-electron chi connectivity index (χ4n) is 2.55. The third kappa shape index (κ3) is 4.08. The molecule has 0 aliphatic carbocycles. The summed E-state index contributed by atoms with van der Waals surface area (Å²) in [6.07, 6.45) is 6.28. The first-order valence-corrected chi connectivity index (χ1v) is 7.85. The Labute approximate surface area is 130 Å². The van der Waals surface area contributed by atoms with E-state index in [0.29, 0.717) is 23.2 Å². The summed E-state index contributed by atoms with van der Waals surface area (Å²) < 4.78 is 15.8. The second-order valence-corrected chi connectivity index (χ2v) is 5.62. The zero-order chi connectivity index (χ0) is 15.2. The number of aromatic nitrogens is 1. The van der Waals surface area contributed by atoms with E-state index in [4.69, 9.17) is 11.6 Å². The van der Waals surface area contributed by atoms with Crippen LogP contribution in [0, 0.1) is 5.82 Å². The number of benzene rings is 1. The molecule has 1 N–H and O–H groups in total. The zero-order valence-electron chi connectivity index (χ0n) is 12.6. The molecule has 4 heteroatoms. The second-order valence-electron chi connectivity index (χ2n) is 5.22. The fourth-order valence-corrected chi connectivity index (χ4v) is 2.77. The van der Waals surface area contributed by atoms with Crippen molar-refractivity contribution in [3.63, 3.8) is 0 Å². The van der Waals surface area contributed by atoms with E-state index in [9.17, 15) is 4.39 Å². The molecule has 2 aromatic rings. The van der Waals surface area contributed by atoms with Crippen LogP contribution in [0.25, 0.3) is 0 Å². The number of hydrogen-bond donors (Lipinski definition) is 1. The first-order chi connectivity index (χ1) is 10.2. The molecule has 1 unspecified atom stereocenters. The lowest BCUT2D eigenvalue weighted by molar-refractivity contribution is 0.508. The fraction of sp³-hybridized carbons (Fsp3) is 0.412. The highest BCUT2D eigenvalue weighted by Crippen LogP contribution is 2.23. The van der Waals surface area contributed by atoms with Gasteiger partial charge in [-0.25, -0.2) is 4.39 Å². The van der Waals surface area contributed by atoms with Crippen LogP contribution in [0.1, 0.15) is 43.9 Å². The van der Waals surface area contributed by atoms with Gasteiger partial charge in [-0.1, -0.05) is 37.9 Å². The lowest BCUT2D eigenvalue weighted by Gasteiger charge is -2.15. The highest BCUT2D eigenvalue weighted by atomic mass is 35.5. The van der Waals surface area contributed by atoms with Gasteiger partial charge in [0.05, 0.1) is 6.54 Å². The zero-order valence-corrected chi connectivity index (χ0v) is 13.3. The minimum atomic E-state index is -0.255. The van der Waals surface area contributed by atoms with Gasteiger partial charge in [0.25, 0.3) is 0 Å². The van der Waals surface area contributed by atoms with Crippen molar-refractivity contribution >= 4 is 11.6 Å². The molecular formula is C17H22ClFN2. The van der Waals surface area contributed by atoms with Crippen LogP contribution in [0.4, 0.5) is 4.39 Å². The van der Waals surface area contributed by atoms with Gasteiger partial charge in [-0.3, -0.25) is 0 Å². The molecule has 114 valence electrons. The minimum absolute atomic E-state index is 0.255. The van der Waals surface area contributed by atoms with Crippen LogP contribution in [-0.2, 0) is 6.54 Å². The smallest absolute Gasteiger partial charge is 0.129 e. The first kappa shape index (κ1) is 16.1. The van der Waals surface area contributed by atoms with Gasteiger partial charge in [-0.15, -0.1) is 0 Å². The van der Waals surface area contributed by atoms with Gasteiger partial charge in [0.15, 0.2) is 0 Å². The van der Waals surface area contributed by atoms with Crippen molar-refractivity contribution in [2.24, 2.45) is 0 Å². The van der Waals surface area contributed by atoms with Crippen molar-refractivity contribution in [1.82, 2.24) is 9.88 Å². The highest BCUT2D eigenvalue weighted by Gasteiger charge is 2.12. The summed E-state index contributed by atoms with van der Waals surface area (Å²) in [5, 5.41) is 3.96. The average Bonchev–Trinajstić information content (AvgIpc) is 2.91. The molecule has 1 aromatic heterocycles. The summed E-state index contributed by atoms with van der Waals surface area (Å²) in [4.78, 5) is 0. The van der Waals surface area contributed by atoms with E-state index in [1.807, 2.05) is 10.8 Å². The number of nitrogens with one attached hydrogen (secondary N) is 1.